The average molecular weight is 427 g/mol. The van der Waals surface area contributed by atoms with Crippen LogP contribution in [-0.2, 0) is 0 Å². The first kappa shape index (κ1) is 20.1. The SMILES string of the molecule is CC(Nc1ncnc(N)c1C#N)c1nc2c(F)cc(F)cc2n1-c1cc(F)cc(F)c1. The van der Waals surface area contributed by atoms with Gasteiger partial charge in [0.25, 0.3) is 0 Å². The van der Waals surface area contributed by atoms with Crippen LogP contribution in [0, 0.1) is 34.6 Å². The molecule has 0 saturated carbocycles. The maximum absolute atomic E-state index is 14.4. The number of hydrogen-bond acceptors (Lipinski definition) is 6. The molecule has 1 unspecified atom stereocenters. The van der Waals surface area contributed by atoms with Gasteiger partial charge in [-0.2, -0.15) is 5.26 Å². The number of nitrogens with one attached hydrogen (secondary N) is 1. The predicted octanol–water partition coefficient (Wildman–Crippen LogP) is 4.00. The molecule has 1 atom stereocenters. The Labute approximate surface area is 172 Å². The van der Waals surface area contributed by atoms with Gasteiger partial charge in [-0.15, -0.1) is 0 Å². The molecule has 2 aromatic heterocycles. The minimum Gasteiger partial charge on any atom is -0.382 e. The summed E-state index contributed by atoms with van der Waals surface area (Å²) in [6.07, 6.45) is 1.14. The van der Waals surface area contributed by atoms with Gasteiger partial charge in [0.05, 0.1) is 17.2 Å². The molecule has 0 aliphatic carbocycles. The van der Waals surface area contributed by atoms with Crippen LogP contribution in [0.15, 0.2) is 36.7 Å². The molecule has 0 radical (unpaired) electrons. The van der Waals surface area contributed by atoms with Crippen LogP contribution in [0.25, 0.3) is 16.7 Å². The summed E-state index contributed by atoms with van der Waals surface area (Å²) in [4.78, 5) is 11.9. The fourth-order valence-electron chi connectivity index (χ4n) is 3.24. The van der Waals surface area contributed by atoms with Gasteiger partial charge in [0.15, 0.2) is 5.82 Å². The second-order valence-electron chi connectivity index (χ2n) is 6.65. The molecule has 0 amide bonds. The molecule has 0 spiro atoms. The zero-order valence-corrected chi connectivity index (χ0v) is 15.9. The zero-order valence-electron chi connectivity index (χ0n) is 15.9. The Bertz CT molecular complexity index is 1340. The van der Waals surface area contributed by atoms with Crippen molar-refractivity contribution >= 4 is 22.7 Å². The Hall–Kier alpha value is -4.20. The minimum absolute atomic E-state index is 0.0222. The first-order valence-corrected chi connectivity index (χ1v) is 8.89. The second kappa shape index (κ2) is 7.56. The van der Waals surface area contributed by atoms with Gasteiger partial charge in [-0.1, -0.05) is 0 Å². The van der Waals surface area contributed by atoms with E-state index in [9.17, 15) is 22.8 Å². The number of anilines is 2. The number of fused-ring (bicyclic) bond motifs is 1. The highest BCUT2D eigenvalue weighted by Crippen LogP contribution is 2.30. The number of nitrogens with two attached hydrogens (primary N) is 1. The van der Waals surface area contributed by atoms with E-state index in [2.05, 4.69) is 20.3 Å². The van der Waals surface area contributed by atoms with E-state index in [0.29, 0.717) is 12.1 Å². The Morgan fingerprint density at radius 2 is 1.71 bits per heavy atom. The van der Waals surface area contributed by atoms with Crippen LogP contribution in [0.1, 0.15) is 24.4 Å². The van der Waals surface area contributed by atoms with Crippen LogP contribution in [0.4, 0.5) is 29.2 Å². The van der Waals surface area contributed by atoms with Gasteiger partial charge in [0.1, 0.15) is 58.4 Å². The maximum atomic E-state index is 14.4. The van der Waals surface area contributed by atoms with Gasteiger partial charge in [0, 0.05) is 18.2 Å². The van der Waals surface area contributed by atoms with Crippen molar-refractivity contribution in [1.82, 2.24) is 19.5 Å². The first-order valence-electron chi connectivity index (χ1n) is 8.89. The summed E-state index contributed by atoms with van der Waals surface area (Å²) in [5, 5.41) is 12.2. The quantitative estimate of drug-likeness (QED) is 0.477. The number of imidazole rings is 1. The number of hydrogen-bond donors (Lipinski definition) is 2. The van der Waals surface area contributed by atoms with E-state index in [1.807, 2.05) is 6.07 Å². The number of benzene rings is 2. The molecule has 11 heteroatoms. The Morgan fingerprint density at radius 3 is 2.39 bits per heavy atom. The predicted molar refractivity (Wildman–Crippen MR) is 104 cm³/mol. The van der Waals surface area contributed by atoms with Crippen LogP contribution in [0.5, 0.6) is 0 Å². The average Bonchev–Trinajstić information content (AvgIpc) is 3.07. The van der Waals surface area contributed by atoms with Gasteiger partial charge in [-0.05, 0) is 19.1 Å². The topological polar surface area (TPSA) is 105 Å². The van der Waals surface area contributed by atoms with Crippen molar-refractivity contribution in [2.24, 2.45) is 0 Å². The van der Waals surface area contributed by atoms with Crippen molar-refractivity contribution in [3.63, 3.8) is 0 Å². The largest absolute Gasteiger partial charge is 0.382 e. The molecular formula is C20H13F4N7. The van der Waals surface area contributed by atoms with E-state index in [1.54, 1.807) is 6.92 Å². The summed E-state index contributed by atoms with van der Waals surface area (Å²) in [5.41, 5.74) is 5.41. The summed E-state index contributed by atoms with van der Waals surface area (Å²) in [7, 11) is 0. The van der Waals surface area contributed by atoms with Gasteiger partial charge in [-0.3, -0.25) is 4.57 Å². The summed E-state index contributed by atoms with van der Waals surface area (Å²) in [5.74, 6) is -3.47. The molecule has 2 heterocycles. The Morgan fingerprint density at radius 1 is 1.03 bits per heavy atom. The third-order valence-corrected chi connectivity index (χ3v) is 4.54. The van der Waals surface area contributed by atoms with Crippen LogP contribution >= 0.6 is 0 Å². The summed E-state index contributed by atoms with van der Waals surface area (Å²) < 4.78 is 57.4. The minimum atomic E-state index is -0.942. The molecule has 0 aliphatic heterocycles. The molecule has 2 aromatic carbocycles. The van der Waals surface area contributed by atoms with E-state index in [4.69, 9.17) is 5.73 Å². The van der Waals surface area contributed by atoms with Crippen molar-refractivity contribution in [2.45, 2.75) is 13.0 Å². The van der Waals surface area contributed by atoms with Gasteiger partial charge in [0.2, 0.25) is 0 Å². The third-order valence-electron chi connectivity index (χ3n) is 4.54. The Balaban J connectivity index is 1.93. The number of halogens is 4. The lowest BCUT2D eigenvalue weighted by molar-refractivity contribution is 0.581. The maximum Gasteiger partial charge on any atom is 0.153 e. The van der Waals surface area contributed by atoms with Crippen molar-refractivity contribution < 1.29 is 17.6 Å². The van der Waals surface area contributed by atoms with Crippen molar-refractivity contribution in [3.8, 4) is 11.8 Å². The molecule has 0 aliphatic rings. The molecule has 3 N–H and O–H groups in total. The number of nitrogens with zero attached hydrogens (tertiary/aromatic N) is 5. The van der Waals surface area contributed by atoms with E-state index in [-0.39, 0.29) is 39.7 Å². The molecule has 0 fully saturated rings. The monoisotopic (exact) mass is 427 g/mol. The van der Waals surface area contributed by atoms with E-state index < -0.39 is 29.3 Å². The molecular weight excluding hydrogens is 414 g/mol. The highest BCUT2D eigenvalue weighted by molar-refractivity contribution is 5.79. The van der Waals surface area contributed by atoms with Crippen LogP contribution in [0.2, 0.25) is 0 Å². The zero-order chi connectivity index (χ0) is 22.3. The van der Waals surface area contributed by atoms with Crippen molar-refractivity contribution in [3.05, 3.63) is 71.3 Å². The highest BCUT2D eigenvalue weighted by Gasteiger charge is 2.23. The first-order chi connectivity index (χ1) is 14.8. The highest BCUT2D eigenvalue weighted by atomic mass is 19.1. The van der Waals surface area contributed by atoms with E-state index >= 15 is 0 Å². The summed E-state index contributed by atoms with van der Waals surface area (Å²) >= 11 is 0. The van der Waals surface area contributed by atoms with Crippen molar-refractivity contribution in [2.75, 3.05) is 11.1 Å². The number of rotatable bonds is 4. The lowest BCUT2D eigenvalue weighted by atomic mass is 10.2. The number of nitrogen functional groups attached to an aromatic ring is 1. The lowest BCUT2D eigenvalue weighted by Crippen LogP contribution is -2.15. The normalized spacial score (nSPS) is 12.0. The van der Waals surface area contributed by atoms with Crippen LogP contribution < -0.4 is 11.1 Å². The summed E-state index contributed by atoms with van der Waals surface area (Å²) in [6, 6.07) is 5.46. The van der Waals surface area contributed by atoms with Crippen LogP contribution in [0.3, 0.4) is 0 Å². The van der Waals surface area contributed by atoms with Crippen LogP contribution in [-0.4, -0.2) is 19.5 Å². The molecule has 7 nitrogen and oxygen atoms in total. The second-order valence-corrected chi connectivity index (χ2v) is 6.65. The summed E-state index contributed by atoms with van der Waals surface area (Å²) in [6.45, 7) is 1.60. The third kappa shape index (κ3) is 3.59. The standard InChI is InChI=1S/C20H13F4N7/c1-9(29-19-14(7-25)18(26)27-8-28-19)20-30-17-15(24)5-12(23)6-16(17)31(20)13-3-10(21)2-11(22)4-13/h2-6,8-9H,1H3,(H3,26,27,28,29). The molecule has 0 bridgehead atoms. The molecule has 0 saturated heterocycles. The van der Waals surface area contributed by atoms with E-state index in [0.717, 1.165) is 24.5 Å². The molecule has 4 rings (SSSR count). The van der Waals surface area contributed by atoms with Crippen molar-refractivity contribution in [1.29, 1.82) is 5.26 Å². The fourth-order valence-corrected chi connectivity index (χ4v) is 3.24. The lowest BCUT2D eigenvalue weighted by Gasteiger charge is -2.18. The molecule has 31 heavy (non-hydrogen) atoms. The smallest absolute Gasteiger partial charge is 0.153 e. The van der Waals surface area contributed by atoms with Gasteiger partial charge < -0.3 is 11.1 Å². The molecule has 4 aromatic rings. The van der Waals surface area contributed by atoms with Gasteiger partial charge >= 0.3 is 0 Å². The molecule has 156 valence electrons. The number of nitriles is 1. The number of aromatic nitrogens is 4. The van der Waals surface area contributed by atoms with Gasteiger partial charge in [-0.25, -0.2) is 32.5 Å². The Kier molecular flexibility index (Phi) is 4.90. The fraction of sp³-hybridized carbons (Fsp3) is 0.100. The van der Waals surface area contributed by atoms with E-state index in [1.165, 1.54) is 4.57 Å².